The lowest BCUT2D eigenvalue weighted by molar-refractivity contribution is -0.384. The normalized spacial score (nSPS) is 10.8. The molecule has 156 valence electrons. The summed E-state index contributed by atoms with van der Waals surface area (Å²) in [6, 6.07) is 13.2. The van der Waals surface area contributed by atoms with E-state index in [0.29, 0.717) is 5.13 Å². The first-order valence-electron chi connectivity index (χ1n) is 9.15. The van der Waals surface area contributed by atoms with Gasteiger partial charge in [-0.2, -0.15) is 0 Å². The third-order valence-electron chi connectivity index (χ3n) is 4.47. The number of anilines is 1. The van der Waals surface area contributed by atoms with Crippen molar-refractivity contribution in [2.45, 2.75) is 13.8 Å². The molecule has 0 atom stereocenters. The Morgan fingerprint density at radius 2 is 1.97 bits per heavy atom. The van der Waals surface area contributed by atoms with Crippen molar-refractivity contribution in [1.82, 2.24) is 10.3 Å². The van der Waals surface area contributed by atoms with E-state index < -0.39 is 10.8 Å². The summed E-state index contributed by atoms with van der Waals surface area (Å²) in [4.78, 5) is 27.7. The van der Waals surface area contributed by atoms with Gasteiger partial charge in [0.05, 0.1) is 20.7 Å². The fraction of sp³-hybridized carbons (Fsp3) is 0.0952. The van der Waals surface area contributed by atoms with Gasteiger partial charge in [0.25, 0.3) is 11.6 Å². The average molecular weight is 453 g/mol. The molecule has 2 heterocycles. The third-order valence-corrected chi connectivity index (χ3v) is 5.60. The summed E-state index contributed by atoms with van der Waals surface area (Å²) in [7, 11) is 0. The summed E-state index contributed by atoms with van der Waals surface area (Å²) in [6.45, 7) is 4.01. The van der Waals surface area contributed by atoms with Gasteiger partial charge >= 0.3 is 0 Å². The van der Waals surface area contributed by atoms with Gasteiger partial charge in [-0.05, 0) is 61.5 Å². The van der Waals surface area contributed by atoms with E-state index in [1.165, 1.54) is 29.5 Å². The van der Waals surface area contributed by atoms with Crippen LogP contribution in [0, 0.1) is 24.0 Å². The Kier molecular flexibility index (Phi) is 5.49. The lowest BCUT2D eigenvalue weighted by atomic mass is 10.1. The van der Waals surface area contributed by atoms with E-state index in [1.807, 2.05) is 19.9 Å². The number of nitro benzene ring substituents is 1. The molecule has 31 heavy (non-hydrogen) atoms. The highest BCUT2D eigenvalue weighted by Gasteiger charge is 2.20. The molecule has 0 bridgehead atoms. The number of hydrogen-bond acceptors (Lipinski definition) is 7. The molecule has 0 fully saturated rings. The quantitative estimate of drug-likeness (QED) is 0.248. The van der Waals surface area contributed by atoms with Crippen LogP contribution in [0.2, 0.25) is 0 Å². The smallest absolute Gasteiger partial charge is 0.293 e. The molecule has 10 heteroatoms. The van der Waals surface area contributed by atoms with Crippen molar-refractivity contribution in [3.63, 3.8) is 0 Å². The molecule has 0 saturated heterocycles. The molecule has 0 radical (unpaired) electrons. The Morgan fingerprint density at radius 1 is 1.19 bits per heavy atom. The number of nitrogens with zero attached hydrogens (tertiary/aromatic N) is 2. The molecule has 2 N–H and O–H groups in total. The van der Waals surface area contributed by atoms with Crippen molar-refractivity contribution < 1.29 is 14.1 Å². The first kappa shape index (κ1) is 20.6. The van der Waals surface area contributed by atoms with Crippen LogP contribution in [-0.2, 0) is 0 Å². The number of fused-ring (bicyclic) bond motifs is 1. The van der Waals surface area contributed by atoms with E-state index >= 15 is 0 Å². The lowest BCUT2D eigenvalue weighted by Crippen LogP contribution is -2.33. The van der Waals surface area contributed by atoms with Crippen LogP contribution >= 0.6 is 23.6 Å². The van der Waals surface area contributed by atoms with E-state index in [0.717, 1.165) is 21.3 Å². The van der Waals surface area contributed by atoms with Crippen LogP contribution in [0.3, 0.4) is 0 Å². The second kappa shape index (κ2) is 8.25. The number of benzene rings is 2. The van der Waals surface area contributed by atoms with Crippen molar-refractivity contribution in [1.29, 1.82) is 0 Å². The number of rotatable bonds is 4. The zero-order valence-corrected chi connectivity index (χ0v) is 18.1. The van der Waals surface area contributed by atoms with E-state index in [9.17, 15) is 14.9 Å². The Labute approximate surface area is 186 Å². The summed E-state index contributed by atoms with van der Waals surface area (Å²) in [5.74, 6) is -0.378. The number of hydrogen-bond donors (Lipinski definition) is 2. The van der Waals surface area contributed by atoms with Gasteiger partial charge in [-0.3, -0.25) is 20.2 Å². The number of furan rings is 1. The standard InChI is InChI=1S/C21H16N4O4S2/c1-11-9-12(2)18-17(10-11)31-21(22-18)24-20(30)23-19(26)16-8-7-15(29-16)13-5-3-4-6-14(13)25(27)28/h3-10H,1-2H3,(H2,22,23,24,26,30). The molecule has 4 aromatic rings. The van der Waals surface area contributed by atoms with Gasteiger partial charge in [0.15, 0.2) is 16.0 Å². The number of carbonyl (C=O) groups excluding carboxylic acids is 1. The number of aromatic nitrogens is 1. The van der Waals surface area contributed by atoms with E-state index in [2.05, 4.69) is 21.7 Å². The Bertz CT molecular complexity index is 1340. The lowest BCUT2D eigenvalue weighted by Gasteiger charge is -2.05. The van der Waals surface area contributed by atoms with Crippen molar-refractivity contribution in [3.8, 4) is 11.3 Å². The topological polar surface area (TPSA) is 110 Å². The highest BCUT2D eigenvalue weighted by Crippen LogP contribution is 2.31. The Morgan fingerprint density at radius 3 is 2.74 bits per heavy atom. The maximum atomic E-state index is 12.5. The number of amides is 1. The van der Waals surface area contributed by atoms with Crippen LogP contribution in [0.25, 0.3) is 21.5 Å². The van der Waals surface area contributed by atoms with Gasteiger partial charge in [-0.15, -0.1) is 0 Å². The molecule has 2 aromatic heterocycles. The molecule has 0 unspecified atom stereocenters. The minimum Gasteiger partial charge on any atom is -0.451 e. The maximum Gasteiger partial charge on any atom is 0.293 e. The molecular weight excluding hydrogens is 436 g/mol. The number of thiocarbonyl (C=S) groups is 1. The second-order valence-corrected chi connectivity index (χ2v) is 8.23. The van der Waals surface area contributed by atoms with Crippen LogP contribution in [0.4, 0.5) is 10.8 Å². The molecule has 4 rings (SSSR count). The van der Waals surface area contributed by atoms with Gasteiger partial charge in [0.1, 0.15) is 5.76 Å². The van der Waals surface area contributed by atoms with Crippen LogP contribution in [-0.4, -0.2) is 20.9 Å². The summed E-state index contributed by atoms with van der Waals surface area (Å²) in [6.07, 6.45) is 0. The number of aryl methyl sites for hydroxylation is 2. The highest BCUT2D eigenvalue weighted by atomic mass is 32.1. The fourth-order valence-corrected chi connectivity index (χ4v) is 4.46. The van der Waals surface area contributed by atoms with E-state index in [1.54, 1.807) is 18.2 Å². The fourth-order valence-electron chi connectivity index (χ4n) is 3.16. The Balaban J connectivity index is 1.47. The van der Waals surface area contributed by atoms with Gasteiger partial charge in [0.2, 0.25) is 0 Å². The number of nitro groups is 1. The molecule has 2 aromatic carbocycles. The highest BCUT2D eigenvalue weighted by molar-refractivity contribution is 7.80. The number of thiazole rings is 1. The SMILES string of the molecule is Cc1cc(C)c2nc(NC(=S)NC(=O)c3ccc(-c4ccccc4[N+](=O)[O-])o3)sc2c1. The van der Waals surface area contributed by atoms with E-state index in [4.69, 9.17) is 16.6 Å². The van der Waals surface area contributed by atoms with Crippen molar-refractivity contribution in [2.24, 2.45) is 0 Å². The molecular formula is C21H16N4O4S2. The number of carbonyl (C=O) groups is 1. The van der Waals surface area contributed by atoms with Gasteiger partial charge < -0.3 is 9.73 Å². The average Bonchev–Trinajstić information content (AvgIpc) is 3.35. The van der Waals surface area contributed by atoms with Crippen molar-refractivity contribution >= 4 is 55.6 Å². The van der Waals surface area contributed by atoms with Crippen molar-refractivity contribution in [2.75, 3.05) is 5.32 Å². The van der Waals surface area contributed by atoms with Gasteiger partial charge in [-0.1, -0.05) is 29.5 Å². The third kappa shape index (κ3) is 4.30. The predicted octanol–water partition coefficient (Wildman–Crippen LogP) is 5.21. The van der Waals surface area contributed by atoms with Crippen LogP contribution < -0.4 is 10.6 Å². The molecule has 0 aliphatic rings. The summed E-state index contributed by atoms with van der Waals surface area (Å²) in [5.41, 5.74) is 3.26. The van der Waals surface area contributed by atoms with Gasteiger partial charge in [-0.25, -0.2) is 4.98 Å². The van der Waals surface area contributed by atoms with Crippen molar-refractivity contribution in [3.05, 3.63) is 75.5 Å². The summed E-state index contributed by atoms with van der Waals surface area (Å²) < 4.78 is 6.56. The zero-order valence-electron chi connectivity index (χ0n) is 16.5. The minimum atomic E-state index is -0.574. The molecule has 1 amide bonds. The van der Waals surface area contributed by atoms with Crippen LogP contribution in [0.5, 0.6) is 0 Å². The van der Waals surface area contributed by atoms with Crippen LogP contribution in [0.15, 0.2) is 52.9 Å². The predicted molar refractivity (Wildman–Crippen MR) is 124 cm³/mol. The van der Waals surface area contributed by atoms with Gasteiger partial charge in [0, 0.05) is 6.07 Å². The van der Waals surface area contributed by atoms with E-state index in [-0.39, 0.29) is 27.9 Å². The van der Waals surface area contributed by atoms with Crippen LogP contribution in [0.1, 0.15) is 21.7 Å². The molecule has 0 saturated carbocycles. The molecule has 0 aliphatic heterocycles. The largest absolute Gasteiger partial charge is 0.451 e. The first-order valence-corrected chi connectivity index (χ1v) is 10.4. The molecule has 0 spiro atoms. The summed E-state index contributed by atoms with van der Waals surface area (Å²) in [5, 5.41) is 17.3. The maximum absolute atomic E-state index is 12.5. The number of para-hydroxylation sites is 1. The minimum absolute atomic E-state index is 0.0203. The molecule has 8 nitrogen and oxygen atoms in total. The Hall–Kier alpha value is -3.63. The monoisotopic (exact) mass is 452 g/mol. The number of nitrogens with one attached hydrogen (secondary N) is 2. The first-order chi connectivity index (χ1) is 14.8. The zero-order chi connectivity index (χ0) is 22.1. The molecule has 0 aliphatic carbocycles. The summed E-state index contributed by atoms with van der Waals surface area (Å²) >= 11 is 6.66. The second-order valence-electron chi connectivity index (χ2n) is 6.79.